The molecule has 2 heterocycles. The van der Waals surface area contributed by atoms with Crippen LogP contribution in [0.25, 0.3) is 0 Å². The fraction of sp³-hybridized carbons (Fsp3) is 0.556. The van der Waals surface area contributed by atoms with Crippen LogP contribution in [-0.4, -0.2) is 109 Å². The van der Waals surface area contributed by atoms with E-state index in [0.29, 0.717) is 36.8 Å². The Kier molecular flexibility index (Phi) is 10.6. The van der Waals surface area contributed by atoms with Crippen molar-refractivity contribution in [3.05, 3.63) is 64.2 Å². The Morgan fingerprint density at radius 1 is 0.919 bits per heavy atom. The van der Waals surface area contributed by atoms with Crippen molar-refractivity contribution < 1.29 is 39.4 Å². The van der Waals surface area contributed by atoms with Gasteiger partial charge in [0.1, 0.15) is 42.9 Å². The molecule has 2 aromatic carbocycles. The Hall–Kier alpha value is -1.79. The van der Waals surface area contributed by atoms with Gasteiger partial charge in [-0.1, -0.05) is 35.9 Å². The van der Waals surface area contributed by atoms with Crippen LogP contribution in [0.2, 0.25) is 5.02 Å². The fourth-order valence-electron chi connectivity index (χ4n) is 4.55. The molecule has 0 aromatic heterocycles. The Labute approximate surface area is 222 Å². The number of aliphatic hydroxyl groups excluding tert-OH is 4. The summed E-state index contributed by atoms with van der Waals surface area (Å²) < 4.78 is 22.5. The smallest absolute Gasteiger partial charge is 0.119 e. The SMILES string of the molecule is OC[C@H]1O[C@@H](c2ccc(Cl)c(Cc3ccc(OCCOCCN4CCOCC4)cc3)c2)[C@H](O)[C@@H](O)[C@@H]1O. The predicted molar refractivity (Wildman–Crippen MR) is 137 cm³/mol. The lowest BCUT2D eigenvalue weighted by Crippen LogP contribution is -2.55. The van der Waals surface area contributed by atoms with Gasteiger partial charge in [0.2, 0.25) is 0 Å². The molecule has 0 bridgehead atoms. The number of rotatable bonds is 11. The van der Waals surface area contributed by atoms with E-state index in [0.717, 1.165) is 49.7 Å². The van der Waals surface area contributed by atoms with Crippen LogP contribution < -0.4 is 4.74 Å². The maximum atomic E-state index is 10.5. The molecule has 10 heteroatoms. The molecule has 0 amide bonds. The van der Waals surface area contributed by atoms with E-state index in [1.165, 1.54) is 0 Å². The molecule has 9 nitrogen and oxygen atoms in total. The maximum Gasteiger partial charge on any atom is 0.119 e. The standard InChI is InChI=1S/C27H36ClNO8/c28-22-6-3-19(27-26(33)25(32)24(31)23(17-30)37-27)16-20(22)15-18-1-4-21(5-2-18)36-14-13-35-12-9-29-7-10-34-11-8-29/h1-6,16,23-27,30-33H,7-15,17H2/t23-,24-,25+,26-,27+/m1/s1. The predicted octanol–water partition coefficient (Wildman–Crippen LogP) is 1.17. The average molecular weight is 538 g/mol. The van der Waals surface area contributed by atoms with Crippen LogP contribution in [0.1, 0.15) is 22.8 Å². The van der Waals surface area contributed by atoms with Gasteiger partial charge in [-0.05, 0) is 41.3 Å². The van der Waals surface area contributed by atoms with Crippen molar-refractivity contribution in [3.8, 4) is 5.75 Å². The quantitative estimate of drug-likeness (QED) is 0.313. The van der Waals surface area contributed by atoms with E-state index in [9.17, 15) is 20.4 Å². The molecule has 37 heavy (non-hydrogen) atoms. The van der Waals surface area contributed by atoms with Gasteiger partial charge >= 0.3 is 0 Å². The number of hydrogen-bond donors (Lipinski definition) is 4. The van der Waals surface area contributed by atoms with E-state index in [-0.39, 0.29) is 0 Å². The molecule has 2 aliphatic heterocycles. The number of benzene rings is 2. The molecule has 0 aliphatic carbocycles. The van der Waals surface area contributed by atoms with Crippen molar-refractivity contribution in [3.63, 3.8) is 0 Å². The van der Waals surface area contributed by atoms with Gasteiger partial charge in [0.25, 0.3) is 0 Å². The third-order valence-corrected chi connectivity index (χ3v) is 7.13. The summed E-state index contributed by atoms with van der Waals surface area (Å²) in [4.78, 5) is 2.33. The molecule has 0 saturated carbocycles. The van der Waals surface area contributed by atoms with Crippen molar-refractivity contribution in [1.82, 2.24) is 4.90 Å². The highest BCUT2D eigenvalue weighted by Gasteiger charge is 2.44. The molecular formula is C27H36ClNO8. The summed E-state index contributed by atoms with van der Waals surface area (Å²) in [5.74, 6) is 0.752. The maximum absolute atomic E-state index is 10.5. The lowest BCUT2D eigenvalue weighted by Gasteiger charge is -2.40. The first-order valence-corrected chi connectivity index (χ1v) is 13.0. The third kappa shape index (κ3) is 7.63. The van der Waals surface area contributed by atoms with E-state index < -0.39 is 37.1 Å². The fourth-order valence-corrected chi connectivity index (χ4v) is 4.73. The van der Waals surface area contributed by atoms with Crippen LogP contribution in [-0.2, 0) is 20.6 Å². The number of ether oxygens (including phenoxy) is 4. The first-order chi connectivity index (χ1) is 18.0. The van der Waals surface area contributed by atoms with Gasteiger partial charge in [0.05, 0.1) is 33.0 Å². The lowest BCUT2D eigenvalue weighted by atomic mass is 9.90. The highest BCUT2D eigenvalue weighted by molar-refractivity contribution is 6.31. The second-order valence-electron chi connectivity index (χ2n) is 9.34. The van der Waals surface area contributed by atoms with Gasteiger partial charge in [0, 0.05) is 24.7 Å². The van der Waals surface area contributed by atoms with Gasteiger partial charge in [-0.3, -0.25) is 4.90 Å². The number of nitrogens with zero attached hydrogens (tertiary/aromatic N) is 1. The summed E-state index contributed by atoms with van der Waals surface area (Å²) in [5.41, 5.74) is 2.44. The van der Waals surface area contributed by atoms with Crippen LogP contribution in [0, 0.1) is 0 Å². The zero-order chi connectivity index (χ0) is 26.2. The van der Waals surface area contributed by atoms with Crippen LogP contribution in [0.3, 0.4) is 0 Å². The van der Waals surface area contributed by atoms with Crippen molar-refractivity contribution in [2.45, 2.75) is 36.9 Å². The summed E-state index contributed by atoms with van der Waals surface area (Å²) in [6, 6.07) is 13.0. The number of hydrogen-bond acceptors (Lipinski definition) is 9. The topological polar surface area (TPSA) is 121 Å². The van der Waals surface area contributed by atoms with Gasteiger partial charge in [-0.2, -0.15) is 0 Å². The first-order valence-electron chi connectivity index (χ1n) is 12.6. The highest BCUT2D eigenvalue weighted by atomic mass is 35.5. The Bertz CT molecular complexity index is 969. The zero-order valence-corrected chi connectivity index (χ0v) is 21.5. The molecule has 0 spiro atoms. The van der Waals surface area contributed by atoms with Crippen LogP contribution in [0.15, 0.2) is 42.5 Å². The Morgan fingerprint density at radius 2 is 1.68 bits per heavy atom. The minimum atomic E-state index is -1.43. The molecule has 4 N–H and O–H groups in total. The zero-order valence-electron chi connectivity index (χ0n) is 20.7. The normalized spacial score (nSPS) is 26.8. The van der Waals surface area contributed by atoms with Crippen molar-refractivity contribution in [2.24, 2.45) is 0 Å². The van der Waals surface area contributed by atoms with Crippen molar-refractivity contribution in [1.29, 1.82) is 0 Å². The molecule has 2 aromatic rings. The van der Waals surface area contributed by atoms with Crippen molar-refractivity contribution in [2.75, 3.05) is 59.3 Å². The molecule has 5 atom stereocenters. The van der Waals surface area contributed by atoms with Gasteiger partial charge < -0.3 is 39.4 Å². The van der Waals surface area contributed by atoms with E-state index in [2.05, 4.69) is 4.90 Å². The Balaban J connectivity index is 1.27. The molecule has 0 unspecified atom stereocenters. The van der Waals surface area contributed by atoms with Gasteiger partial charge in [-0.25, -0.2) is 0 Å². The average Bonchev–Trinajstić information content (AvgIpc) is 2.92. The summed E-state index contributed by atoms with van der Waals surface area (Å²) in [6.07, 6.45) is -5.51. The van der Waals surface area contributed by atoms with Crippen LogP contribution in [0.4, 0.5) is 0 Å². The summed E-state index contributed by atoms with van der Waals surface area (Å²) in [5, 5.41) is 40.6. The molecule has 204 valence electrons. The molecular weight excluding hydrogens is 502 g/mol. The number of morpholine rings is 1. The van der Waals surface area contributed by atoms with E-state index in [1.807, 2.05) is 30.3 Å². The second kappa shape index (κ2) is 13.8. The van der Waals surface area contributed by atoms with E-state index >= 15 is 0 Å². The number of halogens is 1. The minimum Gasteiger partial charge on any atom is -0.491 e. The van der Waals surface area contributed by atoms with Gasteiger partial charge in [0.15, 0.2) is 0 Å². The second-order valence-corrected chi connectivity index (χ2v) is 9.74. The van der Waals surface area contributed by atoms with Crippen molar-refractivity contribution >= 4 is 11.6 Å². The minimum absolute atomic E-state index is 0.468. The van der Waals surface area contributed by atoms with E-state index in [1.54, 1.807) is 12.1 Å². The molecule has 2 saturated heterocycles. The number of aliphatic hydroxyl groups is 4. The van der Waals surface area contributed by atoms with E-state index in [4.69, 9.17) is 30.5 Å². The van der Waals surface area contributed by atoms with Crippen LogP contribution in [0.5, 0.6) is 5.75 Å². The molecule has 0 radical (unpaired) electrons. The molecule has 2 fully saturated rings. The molecule has 4 rings (SSSR count). The Morgan fingerprint density at radius 3 is 2.41 bits per heavy atom. The van der Waals surface area contributed by atoms with Gasteiger partial charge in [-0.15, -0.1) is 0 Å². The van der Waals surface area contributed by atoms with Crippen LogP contribution >= 0.6 is 11.6 Å². The largest absolute Gasteiger partial charge is 0.491 e. The summed E-state index contributed by atoms with van der Waals surface area (Å²) >= 11 is 6.44. The summed E-state index contributed by atoms with van der Waals surface area (Å²) in [7, 11) is 0. The summed E-state index contributed by atoms with van der Waals surface area (Å²) in [6.45, 7) is 5.57. The lowest BCUT2D eigenvalue weighted by molar-refractivity contribution is -0.231. The highest BCUT2D eigenvalue weighted by Crippen LogP contribution is 2.34. The monoisotopic (exact) mass is 537 g/mol. The molecule has 2 aliphatic rings. The third-order valence-electron chi connectivity index (χ3n) is 6.76. The first kappa shape index (κ1) is 28.2.